The Bertz CT molecular complexity index is 507. The number of hydrogen-bond donors (Lipinski definition) is 1. The van der Waals surface area contributed by atoms with Crippen molar-refractivity contribution in [3.8, 4) is 0 Å². The fraction of sp³-hybridized carbons (Fsp3) is 0.800. The average molecular weight is 320 g/mol. The van der Waals surface area contributed by atoms with Crippen molar-refractivity contribution in [2.45, 2.75) is 89.6 Å². The summed E-state index contributed by atoms with van der Waals surface area (Å²) in [6.45, 7) is 9.17. The summed E-state index contributed by atoms with van der Waals surface area (Å²) in [6.07, 6.45) is 11.4. The van der Waals surface area contributed by atoms with Crippen LogP contribution in [0.3, 0.4) is 0 Å². The van der Waals surface area contributed by atoms with Gasteiger partial charge in [-0.1, -0.05) is 31.6 Å². The summed E-state index contributed by atoms with van der Waals surface area (Å²) in [4.78, 5) is 0. The topological polar surface area (TPSA) is 45.3 Å². The second kappa shape index (κ2) is 6.34. The standard InChI is InChI=1S/C20H32O3/c1-14(2)16-9-11-20(4)17(22-20)8-7-15(13-21)6-5-10-19(3)18(12-16)23-19/h6,12,14,17-18,21H,5,7-11,13H2,1-4H3. The van der Waals surface area contributed by atoms with Crippen molar-refractivity contribution < 1.29 is 14.6 Å². The second-order valence-electron chi connectivity index (χ2n) is 8.26. The zero-order valence-electron chi connectivity index (χ0n) is 15.1. The normalized spacial score (nSPS) is 41.3. The van der Waals surface area contributed by atoms with Gasteiger partial charge in [0.05, 0.1) is 23.9 Å². The van der Waals surface area contributed by atoms with Gasteiger partial charge in [-0.3, -0.25) is 0 Å². The smallest absolute Gasteiger partial charge is 0.105 e. The minimum Gasteiger partial charge on any atom is -0.392 e. The van der Waals surface area contributed by atoms with Crippen LogP contribution in [0.25, 0.3) is 0 Å². The second-order valence-corrected chi connectivity index (χ2v) is 8.26. The lowest BCUT2D eigenvalue weighted by Gasteiger charge is -2.14. The van der Waals surface area contributed by atoms with E-state index in [9.17, 15) is 5.11 Å². The van der Waals surface area contributed by atoms with Gasteiger partial charge in [0.1, 0.15) is 6.10 Å². The van der Waals surface area contributed by atoms with E-state index in [-0.39, 0.29) is 23.9 Å². The molecule has 0 aromatic carbocycles. The molecule has 0 aromatic heterocycles. The molecule has 2 saturated heterocycles. The van der Waals surface area contributed by atoms with Gasteiger partial charge in [0.2, 0.25) is 0 Å². The van der Waals surface area contributed by atoms with Gasteiger partial charge in [-0.25, -0.2) is 0 Å². The van der Waals surface area contributed by atoms with Crippen LogP contribution in [0.2, 0.25) is 0 Å². The van der Waals surface area contributed by atoms with Gasteiger partial charge in [-0.15, -0.1) is 0 Å². The lowest BCUT2D eigenvalue weighted by molar-refractivity contribution is 0.289. The molecule has 2 fully saturated rings. The third-order valence-electron chi connectivity index (χ3n) is 6.00. The first kappa shape index (κ1) is 17.2. The highest BCUT2D eigenvalue weighted by molar-refractivity contribution is 5.20. The van der Waals surface area contributed by atoms with Crippen LogP contribution < -0.4 is 0 Å². The third-order valence-corrected chi connectivity index (χ3v) is 6.00. The Morgan fingerprint density at radius 1 is 1.17 bits per heavy atom. The molecule has 3 aliphatic rings. The van der Waals surface area contributed by atoms with Crippen LogP contribution in [0, 0.1) is 5.92 Å². The first-order valence-electron chi connectivity index (χ1n) is 9.21. The predicted octanol–water partition coefficient (Wildman–Crippen LogP) is 4.16. The largest absolute Gasteiger partial charge is 0.392 e. The first-order chi connectivity index (χ1) is 10.9. The summed E-state index contributed by atoms with van der Waals surface area (Å²) in [5, 5.41) is 9.55. The van der Waals surface area contributed by atoms with E-state index in [0.29, 0.717) is 12.0 Å². The molecule has 0 radical (unpaired) electrons. The van der Waals surface area contributed by atoms with Gasteiger partial charge in [-0.2, -0.15) is 0 Å². The number of fused-ring (bicyclic) bond motifs is 2. The Hall–Kier alpha value is -0.640. The molecule has 23 heavy (non-hydrogen) atoms. The molecule has 0 bridgehead atoms. The Labute approximate surface area is 140 Å². The molecular formula is C20H32O3. The number of allylic oxidation sites excluding steroid dienone is 2. The molecule has 0 amide bonds. The van der Waals surface area contributed by atoms with Crippen LogP contribution in [-0.2, 0) is 9.47 Å². The van der Waals surface area contributed by atoms with E-state index < -0.39 is 0 Å². The van der Waals surface area contributed by atoms with Crippen LogP contribution >= 0.6 is 0 Å². The van der Waals surface area contributed by atoms with Gasteiger partial charge in [0, 0.05) is 0 Å². The zero-order valence-corrected chi connectivity index (χ0v) is 15.1. The molecule has 0 saturated carbocycles. The highest BCUT2D eigenvalue weighted by atomic mass is 16.6. The number of ether oxygens (including phenoxy) is 2. The van der Waals surface area contributed by atoms with E-state index in [0.717, 1.165) is 44.1 Å². The quantitative estimate of drug-likeness (QED) is 0.614. The summed E-state index contributed by atoms with van der Waals surface area (Å²) in [6, 6.07) is 0. The van der Waals surface area contributed by atoms with Crippen LogP contribution in [0.4, 0.5) is 0 Å². The fourth-order valence-electron chi connectivity index (χ4n) is 3.82. The number of epoxide rings is 2. The maximum atomic E-state index is 9.55. The van der Waals surface area contributed by atoms with E-state index >= 15 is 0 Å². The van der Waals surface area contributed by atoms with Crippen LogP contribution in [0.5, 0.6) is 0 Å². The van der Waals surface area contributed by atoms with E-state index in [1.807, 2.05) is 0 Å². The minimum absolute atomic E-state index is 0.0101. The summed E-state index contributed by atoms with van der Waals surface area (Å²) >= 11 is 0. The van der Waals surface area contributed by atoms with Crippen molar-refractivity contribution in [2.24, 2.45) is 5.92 Å². The van der Waals surface area contributed by atoms with E-state index in [2.05, 4.69) is 39.8 Å². The monoisotopic (exact) mass is 320 g/mol. The third kappa shape index (κ3) is 3.89. The molecule has 0 spiro atoms. The Morgan fingerprint density at radius 2 is 1.96 bits per heavy atom. The first-order valence-corrected chi connectivity index (χ1v) is 9.21. The molecule has 1 N–H and O–H groups in total. The molecule has 2 aliphatic heterocycles. The van der Waals surface area contributed by atoms with Crippen molar-refractivity contribution in [3.05, 3.63) is 23.3 Å². The van der Waals surface area contributed by atoms with Crippen molar-refractivity contribution in [1.82, 2.24) is 0 Å². The van der Waals surface area contributed by atoms with Gasteiger partial charge in [-0.05, 0) is 63.9 Å². The molecule has 3 rings (SSSR count). The number of aliphatic hydroxyl groups is 1. The highest BCUT2D eigenvalue weighted by Crippen LogP contribution is 2.46. The lowest BCUT2D eigenvalue weighted by atomic mass is 9.88. The molecular weight excluding hydrogens is 288 g/mol. The molecule has 1 aliphatic carbocycles. The summed E-state index contributed by atoms with van der Waals surface area (Å²) < 4.78 is 12.0. The van der Waals surface area contributed by atoms with Gasteiger partial charge in [0.25, 0.3) is 0 Å². The Morgan fingerprint density at radius 3 is 2.65 bits per heavy atom. The van der Waals surface area contributed by atoms with Gasteiger partial charge < -0.3 is 14.6 Å². The Kier molecular flexibility index (Phi) is 4.74. The number of hydrogen-bond acceptors (Lipinski definition) is 3. The average Bonchev–Trinajstić information content (AvgIpc) is 3.34. The predicted molar refractivity (Wildman–Crippen MR) is 92.3 cm³/mol. The summed E-state index contributed by atoms with van der Waals surface area (Å²) in [7, 11) is 0. The lowest BCUT2D eigenvalue weighted by Crippen LogP contribution is -2.13. The fourth-order valence-corrected chi connectivity index (χ4v) is 3.82. The number of rotatable bonds is 2. The maximum absolute atomic E-state index is 9.55. The maximum Gasteiger partial charge on any atom is 0.105 e. The van der Waals surface area contributed by atoms with E-state index in [4.69, 9.17) is 9.47 Å². The molecule has 4 atom stereocenters. The molecule has 3 heteroatoms. The van der Waals surface area contributed by atoms with Crippen molar-refractivity contribution in [3.63, 3.8) is 0 Å². The molecule has 0 aromatic rings. The van der Waals surface area contributed by atoms with Gasteiger partial charge >= 0.3 is 0 Å². The SMILES string of the molecule is CC(C)C1=CC2OC2(C)CCC=C(CO)CCC2OC2(C)CC1. The van der Waals surface area contributed by atoms with Crippen LogP contribution in [0.1, 0.15) is 66.2 Å². The minimum atomic E-state index is -0.0101. The molecule has 4 unspecified atom stereocenters. The molecule has 3 nitrogen and oxygen atoms in total. The zero-order chi connectivity index (χ0) is 16.7. The van der Waals surface area contributed by atoms with Crippen molar-refractivity contribution >= 4 is 0 Å². The van der Waals surface area contributed by atoms with E-state index in [1.165, 1.54) is 5.57 Å². The van der Waals surface area contributed by atoms with Crippen LogP contribution in [0.15, 0.2) is 23.3 Å². The van der Waals surface area contributed by atoms with Gasteiger partial charge in [0.15, 0.2) is 0 Å². The number of aliphatic hydroxyl groups excluding tert-OH is 1. The van der Waals surface area contributed by atoms with Crippen molar-refractivity contribution in [2.75, 3.05) is 6.61 Å². The summed E-state index contributed by atoms with van der Waals surface area (Å²) in [5.74, 6) is 0.568. The van der Waals surface area contributed by atoms with Crippen molar-refractivity contribution in [1.29, 1.82) is 0 Å². The van der Waals surface area contributed by atoms with Crippen LogP contribution in [-0.4, -0.2) is 35.1 Å². The van der Waals surface area contributed by atoms with E-state index in [1.54, 1.807) is 0 Å². The summed E-state index contributed by atoms with van der Waals surface area (Å²) in [5.41, 5.74) is 2.69. The highest BCUT2D eigenvalue weighted by Gasteiger charge is 2.52. The molecule has 130 valence electrons. The molecule has 2 heterocycles. The Balaban J connectivity index is 1.75.